The molecule has 0 saturated carbocycles. The van der Waals surface area contributed by atoms with E-state index in [-0.39, 0.29) is 52.8 Å². The fourth-order valence-corrected chi connectivity index (χ4v) is 8.65. The summed E-state index contributed by atoms with van der Waals surface area (Å²) in [6, 6.07) is 6.12. The minimum absolute atomic E-state index is 0.0865. The van der Waals surface area contributed by atoms with E-state index in [1.165, 1.54) is 20.1 Å². The zero-order valence-electron chi connectivity index (χ0n) is 19.3. The molecule has 1 aromatic heterocycles. The third-order valence-corrected chi connectivity index (χ3v) is 11.3. The predicted octanol–water partition coefficient (Wildman–Crippen LogP) is 1.38. The lowest BCUT2D eigenvalue weighted by molar-refractivity contribution is 0.0730. The van der Waals surface area contributed by atoms with E-state index in [1.807, 2.05) is 6.92 Å². The summed E-state index contributed by atoms with van der Waals surface area (Å²) in [5, 5.41) is 1.49. The Morgan fingerprint density at radius 1 is 0.886 bits per heavy atom. The van der Waals surface area contributed by atoms with Crippen molar-refractivity contribution in [3.05, 3.63) is 40.1 Å². The third kappa shape index (κ3) is 4.54. The minimum atomic E-state index is -3.72. The first-order valence-electron chi connectivity index (χ1n) is 11.4. The number of thiophene rings is 1. The second-order valence-electron chi connectivity index (χ2n) is 8.70. The summed E-state index contributed by atoms with van der Waals surface area (Å²) in [5.74, 6) is -0.342. The van der Waals surface area contributed by atoms with Crippen molar-refractivity contribution in [2.75, 3.05) is 57.5 Å². The first-order valence-corrected chi connectivity index (χ1v) is 15.2. The predicted molar refractivity (Wildman–Crippen MR) is 130 cm³/mol. The van der Waals surface area contributed by atoms with Gasteiger partial charge in [0, 0.05) is 43.3 Å². The number of amides is 1. The zero-order chi connectivity index (χ0) is 24.8. The van der Waals surface area contributed by atoms with Gasteiger partial charge in [-0.2, -0.15) is 8.61 Å². The Morgan fingerprint density at radius 2 is 1.46 bits per heavy atom. The van der Waals surface area contributed by atoms with Gasteiger partial charge in [-0.1, -0.05) is 6.07 Å². The van der Waals surface area contributed by atoms with Crippen molar-refractivity contribution in [1.82, 2.24) is 8.61 Å². The maximum absolute atomic E-state index is 13.5. The molecule has 2 aromatic rings. The largest absolute Gasteiger partial charge is 0.379 e. The Labute approximate surface area is 209 Å². The van der Waals surface area contributed by atoms with E-state index >= 15 is 0 Å². The second kappa shape index (κ2) is 9.54. The molecule has 10 nitrogen and oxygen atoms in total. The third-order valence-electron chi connectivity index (χ3n) is 6.49. The van der Waals surface area contributed by atoms with Crippen molar-refractivity contribution < 1.29 is 31.1 Å². The Balaban J connectivity index is 1.43. The molecule has 35 heavy (non-hydrogen) atoms. The van der Waals surface area contributed by atoms with Crippen LogP contribution in [-0.2, 0) is 35.9 Å². The SMILES string of the molecule is C[C@H]1Cc2ccc(S(=O)(=O)N3CCOCC3)cc2N1C(=O)c1cc(S(=O)(=O)N2CCOCC2)cs1. The molecule has 3 aliphatic rings. The van der Waals surface area contributed by atoms with E-state index in [0.29, 0.717) is 38.5 Å². The summed E-state index contributed by atoms with van der Waals surface area (Å²) in [6.07, 6.45) is 0.587. The standard InChI is InChI=1S/C22H27N3O7S3/c1-16-12-17-2-3-18(34(27,28)23-4-8-31-9-5-23)13-20(17)25(16)22(26)21-14-19(15-33-21)35(29,30)24-6-10-32-11-7-24/h2-3,13-16H,4-12H2,1H3/t16-/m0/s1. The van der Waals surface area contributed by atoms with Crippen molar-refractivity contribution in [3.8, 4) is 0 Å². The number of carbonyl (C=O) groups excluding carboxylic acids is 1. The van der Waals surface area contributed by atoms with Crippen LogP contribution in [0.3, 0.4) is 0 Å². The van der Waals surface area contributed by atoms with Crippen molar-refractivity contribution in [2.24, 2.45) is 0 Å². The van der Waals surface area contributed by atoms with Gasteiger partial charge in [0.05, 0.1) is 41.1 Å². The number of ether oxygens (including phenoxy) is 2. The molecule has 0 radical (unpaired) electrons. The van der Waals surface area contributed by atoms with Gasteiger partial charge in [0.1, 0.15) is 0 Å². The lowest BCUT2D eigenvalue weighted by Gasteiger charge is -2.27. The Bertz CT molecular complexity index is 1330. The van der Waals surface area contributed by atoms with E-state index in [9.17, 15) is 21.6 Å². The number of hydrogen-bond acceptors (Lipinski definition) is 8. The highest BCUT2D eigenvalue weighted by Gasteiger charge is 2.36. The van der Waals surface area contributed by atoms with Gasteiger partial charge in [0.15, 0.2) is 0 Å². The number of rotatable bonds is 5. The highest BCUT2D eigenvalue weighted by Crippen LogP contribution is 2.37. The number of sulfonamides is 2. The number of benzene rings is 1. The summed E-state index contributed by atoms with van der Waals surface area (Å²) >= 11 is 1.08. The fraction of sp³-hybridized carbons (Fsp3) is 0.500. The van der Waals surface area contributed by atoms with E-state index in [4.69, 9.17) is 9.47 Å². The highest BCUT2D eigenvalue weighted by atomic mass is 32.2. The van der Waals surface area contributed by atoms with Crippen LogP contribution in [0.2, 0.25) is 0 Å². The molecule has 190 valence electrons. The monoisotopic (exact) mass is 541 g/mol. The maximum atomic E-state index is 13.5. The molecule has 1 amide bonds. The van der Waals surface area contributed by atoms with Crippen LogP contribution in [0.4, 0.5) is 5.69 Å². The van der Waals surface area contributed by atoms with Gasteiger partial charge < -0.3 is 14.4 Å². The smallest absolute Gasteiger partial charge is 0.268 e. The van der Waals surface area contributed by atoms with E-state index in [2.05, 4.69) is 0 Å². The van der Waals surface area contributed by atoms with E-state index in [0.717, 1.165) is 16.9 Å². The number of carbonyl (C=O) groups is 1. The number of nitrogens with zero attached hydrogens (tertiary/aromatic N) is 3. The molecule has 1 aromatic carbocycles. The summed E-state index contributed by atoms with van der Waals surface area (Å²) in [7, 11) is -7.43. The molecule has 3 aliphatic heterocycles. The fourth-order valence-electron chi connectivity index (χ4n) is 4.61. The molecule has 2 fully saturated rings. The first-order chi connectivity index (χ1) is 16.7. The first kappa shape index (κ1) is 24.8. The van der Waals surface area contributed by atoms with Crippen LogP contribution in [0.1, 0.15) is 22.2 Å². The van der Waals surface area contributed by atoms with Crippen LogP contribution < -0.4 is 4.90 Å². The molecular weight excluding hydrogens is 514 g/mol. The van der Waals surface area contributed by atoms with Gasteiger partial charge >= 0.3 is 0 Å². The van der Waals surface area contributed by atoms with Gasteiger partial charge in [0.2, 0.25) is 20.0 Å². The molecule has 0 aliphatic carbocycles. The van der Waals surface area contributed by atoms with Crippen molar-refractivity contribution in [2.45, 2.75) is 29.2 Å². The van der Waals surface area contributed by atoms with E-state index in [1.54, 1.807) is 23.1 Å². The van der Waals surface area contributed by atoms with Gasteiger partial charge in [-0.15, -0.1) is 11.3 Å². The van der Waals surface area contributed by atoms with Gasteiger partial charge in [-0.05, 0) is 37.1 Å². The summed E-state index contributed by atoms with van der Waals surface area (Å²) in [4.78, 5) is 15.6. The molecule has 0 spiro atoms. The van der Waals surface area contributed by atoms with E-state index < -0.39 is 20.0 Å². The van der Waals surface area contributed by atoms with Gasteiger partial charge in [0.25, 0.3) is 5.91 Å². The molecular formula is C22H27N3O7S3. The van der Waals surface area contributed by atoms with Crippen LogP contribution in [0.25, 0.3) is 0 Å². The summed E-state index contributed by atoms with van der Waals surface area (Å²) in [6.45, 7) is 4.39. The summed E-state index contributed by atoms with van der Waals surface area (Å²) < 4.78 is 65.6. The highest BCUT2D eigenvalue weighted by molar-refractivity contribution is 7.89. The minimum Gasteiger partial charge on any atom is -0.379 e. The van der Waals surface area contributed by atoms with Gasteiger partial charge in [-0.25, -0.2) is 16.8 Å². The molecule has 1 atom stereocenters. The van der Waals surface area contributed by atoms with Crippen LogP contribution in [0.5, 0.6) is 0 Å². The maximum Gasteiger partial charge on any atom is 0.268 e. The van der Waals surface area contributed by atoms with Crippen molar-refractivity contribution in [1.29, 1.82) is 0 Å². The molecule has 13 heteroatoms. The lowest BCUT2D eigenvalue weighted by atomic mass is 10.1. The van der Waals surface area contributed by atoms with Crippen molar-refractivity contribution in [3.63, 3.8) is 0 Å². The molecule has 0 N–H and O–H groups in total. The number of anilines is 1. The van der Waals surface area contributed by atoms with Crippen LogP contribution in [0.15, 0.2) is 39.4 Å². The Morgan fingerprint density at radius 3 is 2.06 bits per heavy atom. The lowest BCUT2D eigenvalue weighted by Crippen LogP contribution is -2.40. The average molecular weight is 542 g/mol. The van der Waals surface area contributed by atoms with Crippen LogP contribution in [0, 0.1) is 0 Å². The zero-order valence-corrected chi connectivity index (χ0v) is 21.7. The van der Waals surface area contributed by atoms with Crippen LogP contribution in [-0.4, -0.2) is 90.0 Å². The quantitative estimate of drug-likeness (QED) is 0.562. The Kier molecular flexibility index (Phi) is 6.76. The number of hydrogen-bond donors (Lipinski definition) is 0. The molecule has 0 unspecified atom stereocenters. The molecule has 0 bridgehead atoms. The van der Waals surface area contributed by atoms with Crippen LogP contribution >= 0.6 is 11.3 Å². The van der Waals surface area contributed by atoms with Gasteiger partial charge in [-0.3, -0.25) is 4.79 Å². The molecule has 4 heterocycles. The molecule has 5 rings (SSSR count). The summed E-state index contributed by atoms with van der Waals surface area (Å²) in [5.41, 5.74) is 1.42. The number of fused-ring (bicyclic) bond motifs is 1. The average Bonchev–Trinajstić information content (AvgIpc) is 3.49. The Hall–Kier alpha value is -1.87. The molecule has 2 saturated heterocycles. The normalized spacial score (nSPS) is 22.3. The topological polar surface area (TPSA) is 114 Å². The second-order valence-corrected chi connectivity index (χ2v) is 13.5. The van der Waals surface area contributed by atoms with Crippen molar-refractivity contribution >= 4 is 43.0 Å². The number of morpholine rings is 2.